The summed E-state index contributed by atoms with van der Waals surface area (Å²) in [5, 5.41) is 17.1. The zero-order chi connectivity index (χ0) is 13.0. The van der Waals surface area contributed by atoms with Crippen molar-refractivity contribution in [1.82, 2.24) is 15.1 Å². The fourth-order valence-electron chi connectivity index (χ4n) is 1.90. The molecule has 0 aliphatic heterocycles. The first kappa shape index (κ1) is 15.5. The van der Waals surface area contributed by atoms with Crippen molar-refractivity contribution in [1.29, 1.82) is 0 Å². The quantitative estimate of drug-likeness (QED) is 0.886. The number of hydrogen-bond donors (Lipinski definition) is 2. The third-order valence-corrected chi connectivity index (χ3v) is 2.93. The van der Waals surface area contributed by atoms with Crippen LogP contribution in [0, 0.1) is 6.92 Å². The third kappa shape index (κ3) is 4.26. The lowest BCUT2D eigenvalue weighted by Crippen LogP contribution is -2.12. The third-order valence-electron chi connectivity index (χ3n) is 2.93. The van der Waals surface area contributed by atoms with Crippen LogP contribution in [0.25, 0.3) is 0 Å². The van der Waals surface area contributed by atoms with E-state index in [-0.39, 0.29) is 12.4 Å². The van der Waals surface area contributed by atoms with Crippen LogP contribution in [0.2, 0.25) is 0 Å². The highest BCUT2D eigenvalue weighted by Gasteiger charge is 2.03. The normalized spacial score (nSPS) is 10.2. The molecule has 1 heterocycles. The molecule has 0 radical (unpaired) electrons. The van der Waals surface area contributed by atoms with Gasteiger partial charge in [0.1, 0.15) is 5.75 Å². The van der Waals surface area contributed by atoms with Gasteiger partial charge in [0.05, 0.1) is 5.69 Å². The molecule has 0 fully saturated rings. The van der Waals surface area contributed by atoms with Crippen LogP contribution in [0.5, 0.6) is 5.75 Å². The van der Waals surface area contributed by atoms with Gasteiger partial charge >= 0.3 is 0 Å². The number of aryl methyl sites for hydroxylation is 2. The van der Waals surface area contributed by atoms with E-state index in [9.17, 15) is 5.11 Å². The summed E-state index contributed by atoms with van der Waals surface area (Å²) < 4.78 is 1.95. The fraction of sp³-hybridized carbons (Fsp3) is 0.357. The van der Waals surface area contributed by atoms with Gasteiger partial charge in [-0.3, -0.25) is 4.68 Å². The number of nitrogens with zero attached hydrogens (tertiary/aromatic N) is 2. The maximum absolute atomic E-state index is 9.37. The summed E-state index contributed by atoms with van der Waals surface area (Å²) in [6, 6.07) is 7.30. The minimum atomic E-state index is 0. The summed E-state index contributed by atoms with van der Waals surface area (Å²) in [7, 11) is 0. The molecule has 1 aromatic heterocycles. The Labute approximate surface area is 119 Å². The van der Waals surface area contributed by atoms with Crippen molar-refractivity contribution in [3.8, 4) is 5.75 Å². The minimum Gasteiger partial charge on any atom is -0.508 e. The highest BCUT2D eigenvalue weighted by Crippen LogP contribution is 2.11. The maximum Gasteiger partial charge on any atom is 0.115 e. The lowest BCUT2D eigenvalue weighted by atomic mass is 10.2. The molecule has 0 unspecified atom stereocenters. The zero-order valence-corrected chi connectivity index (χ0v) is 12.1. The molecular formula is C14H20ClN3O. The Balaban J connectivity index is 0.00000180. The number of halogens is 1. The van der Waals surface area contributed by atoms with Crippen molar-refractivity contribution in [2.75, 3.05) is 0 Å². The molecule has 0 aliphatic carbocycles. The Morgan fingerprint density at radius 1 is 1.32 bits per heavy atom. The Morgan fingerprint density at radius 2 is 2.11 bits per heavy atom. The van der Waals surface area contributed by atoms with Gasteiger partial charge in [-0.2, -0.15) is 5.10 Å². The van der Waals surface area contributed by atoms with E-state index in [4.69, 9.17) is 0 Å². The van der Waals surface area contributed by atoms with Crippen LogP contribution in [0.1, 0.15) is 23.7 Å². The molecule has 104 valence electrons. The van der Waals surface area contributed by atoms with Gasteiger partial charge in [0, 0.05) is 31.4 Å². The number of rotatable bonds is 5. The van der Waals surface area contributed by atoms with E-state index >= 15 is 0 Å². The standard InChI is InChI=1S/C14H19N3O.ClH/c1-3-17-10-13(11(2)16-17)9-15-8-12-5-4-6-14(18)7-12;/h4-7,10,15,18H,3,8-9H2,1-2H3;1H. The van der Waals surface area contributed by atoms with E-state index in [0.29, 0.717) is 5.75 Å². The molecule has 0 atom stereocenters. The van der Waals surface area contributed by atoms with Crippen molar-refractivity contribution < 1.29 is 5.11 Å². The Hall–Kier alpha value is -1.52. The smallest absolute Gasteiger partial charge is 0.115 e. The van der Waals surface area contributed by atoms with Crippen LogP contribution in [0.4, 0.5) is 0 Å². The van der Waals surface area contributed by atoms with Crippen molar-refractivity contribution in [2.24, 2.45) is 0 Å². The number of aromatic nitrogens is 2. The summed E-state index contributed by atoms with van der Waals surface area (Å²) in [5.74, 6) is 0.310. The second-order valence-electron chi connectivity index (χ2n) is 4.37. The Morgan fingerprint density at radius 3 is 2.74 bits per heavy atom. The van der Waals surface area contributed by atoms with Crippen LogP contribution in [-0.2, 0) is 19.6 Å². The number of phenolic OH excluding ortho intramolecular Hbond substituents is 1. The van der Waals surface area contributed by atoms with Crippen molar-refractivity contribution in [3.05, 3.63) is 47.3 Å². The number of hydrogen-bond acceptors (Lipinski definition) is 3. The van der Waals surface area contributed by atoms with Crippen LogP contribution in [0.15, 0.2) is 30.5 Å². The molecular weight excluding hydrogens is 262 g/mol. The Kier molecular flexibility index (Phi) is 5.86. The first-order chi connectivity index (χ1) is 8.69. The average molecular weight is 282 g/mol. The molecule has 0 spiro atoms. The first-order valence-electron chi connectivity index (χ1n) is 6.20. The lowest BCUT2D eigenvalue weighted by Gasteiger charge is -2.04. The maximum atomic E-state index is 9.37. The van der Waals surface area contributed by atoms with Crippen molar-refractivity contribution >= 4 is 12.4 Å². The van der Waals surface area contributed by atoms with Gasteiger partial charge in [-0.1, -0.05) is 12.1 Å². The fourth-order valence-corrected chi connectivity index (χ4v) is 1.90. The number of aromatic hydroxyl groups is 1. The van der Waals surface area contributed by atoms with E-state index in [0.717, 1.165) is 30.9 Å². The second kappa shape index (κ2) is 7.16. The molecule has 19 heavy (non-hydrogen) atoms. The largest absolute Gasteiger partial charge is 0.508 e. The number of phenols is 1. The summed E-state index contributed by atoms with van der Waals surface area (Å²) in [6.45, 7) is 6.54. The highest BCUT2D eigenvalue weighted by atomic mass is 35.5. The molecule has 5 heteroatoms. The molecule has 0 saturated carbocycles. The monoisotopic (exact) mass is 281 g/mol. The Bertz CT molecular complexity index is 525. The molecule has 0 amide bonds. The van der Waals surface area contributed by atoms with E-state index < -0.39 is 0 Å². The summed E-state index contributed by atoms with van der Waals surface area (Å²) in [6.07, 6.45) is 2.07. The molecule has 0 saturated heterocycles. The number of benzene rings is 1. The predicted molar refractivity (Wildman–Crippen MR) is 78.5 cm³/mol. The predicted octanol–water partition coefficient (Wildman–Crippen LogP) is 2.63. The zero-order valence-electron chi connectivity index (χ0n) is 11.3. The summed E-state index contributed by atoms with van der Waals surface area (Å²) in [4.78, 5) is 0. The lowest BCUT2D eigenvalue weighted by molar-refractivity contribution is 0.474. The second-order valence-corrected chi connectivity index (χ2v) is 4.37. The van der Waals surface area contributed by atoms with E-state index in [1.54, 1.807) is 12.1 Å². The SMILES string of the molecule is CCn1cc(CNCc2cccc(O)c2)c(C)n1.Cl. The van der Waals surface area contributed by atoms with Gasteiger partial charge in [-0.15, -0.1) is 12.4 Å². The molecule has 2 rings (SSSR count). The molecule has 2 N–H and O–H groups in total. The number of nitrogens with one attached hydrogen (secondary N) is 1. The van der Waals surface area contributed by atoms with E-state index in [1.165, 1.54) is 5.56 Å². The van der Waals surface area contributed by atoms with Gasteiger partial charge in [0.25, 0.3) is 0 Å². The summed E-state index contributed by atoms with van der Waals surface area (Å²) in [5.41, 5.74) is 3.37. The topological polar surface area (TPSA) is 50.1 Å². The van der Waals surface area contributed by atoms with Crippen LogP contribution >= 0.6 is 12.4 Å². The van der Waals surface area contributed by atoms with Crippen molar-refractivity contribution in [2.45, 2.75) is 33.5 Å². The van der Waals surface area contributed by atoms with Gasteiger partial charge in [0.2, 0.25) is 0 Å². The van der Waals surface area contributed by atoms with Crippen LogP contribution < -0.4 is 5.32 Å². The minimum absolute atomic E-state index is 0. The molecule has 4 nitrogen and oxygen atoms in total. The van der Waals surface area contributed by atoms with E-state index in [2.05, 4.69) is 23.5 Å². The molecule has 2 aromatic rings. The first-order valence-corrected chi connectivity index (χ1v) is 6.20. The molecule has 0 bridgehead atoms. The average Bonchev–Trinajstić information content (AvgIpc) is 2.71. The molecule has 0 aliphatic rings. The van der Waals surface area contributed by atoms with Gasteiger partial charge in [0.15, 0.2) is 0 Å². The summed E-state index contributed by atoms with van der Waals surface area (Å²) >= 11 is 0. The molecule has 1 aromatic carbocycles. The van der Waals surface area contributed by atoms with Gasteiger partial charge in [-0.05, 0) is 31.5 Å². The highest BCUT2D eigenvalue weighted by molar-refractivity contribution is 5.85. The van der Waals surface area contributed by atoms with Crippen LogP contribution in [0.3, 0.4) is 0 Å². The van der Waals surface area contributed by atoms with Crippen molar-refractivity contribution in [3.63, 3.8) is 0 Å². The van der Waals surface area contributed by atoms with Gasteiger partial charge in [-0.25, -0.2) is 0 Å². The van der Waals surface area contributed by atoms with Gasteiger partial charge < -0.3 is 10.4 Å². The van der Waals surface area contributed by atoms with E-state index in [1.807, 2.05) is 23.7 Å². The van der Waals surface area contributed by atoms with Crippen LogP contribution in [-0.4, -0.2) is 14.9 Å².